The van der Waals surface area contributed by atoms with Crippen molar-refractivity contribution >= 4 is 11.6 Å². The van der Waals surface area contributed by atoms with Gasteiger partial charge >= 0.3 is 0 Å². The first-order valence-corrected chi connectivity index (χ1v) is 4.56. The number of hydrogen-bond donors (Lipinski definition) is 1. The summed E-state index contributed by atoms with van der Waals surface area (Å²) in [5, 5.41) is 8.98. The van der Waals surface area contributed by atoms with Gasteiger partial charge in [0.2, 0.25) is 0 Å². The van der Waals surface area contributed by atoms with Crippen LogP contribution in [0.4, 0.5) is 0 Å². The molecule has 0 fully saturated rings. The molecule has 1 aromatic heterocycles. The topological polar surface area (TPSA) is 42.4 Å². The third-order valence-corrected chi connectivity index (χ3v) is 1.75. The van der Waals surface area contributed by atoms with Gasteiger partial charge in [-0.1, -0.05) is 11.6 Å². The van der Waals surface area contributed by atoms with Crippen LogP contribution in [0.15, 0.2) is 18.3 Å². The first-order chi connectivity index (χ1) is 6.33. The molecule has 1 N–H and O–H groups in total. The van der Waals surface area contributed by atoms with E-state index in [1.807, 2.05) is 0 Å². The first kappa shape index (κ1) is 10.3. The van der Waals surface area contributed by atoms with Crippen molar-refractivity contribution in [1.29, 1.82) is 0 Å². The minimum absolute atomic E-state index is 0.211. The molecule has 0 atom stereocenters. The maximum absolute atomic E-state index is 8.51. The number of unbranched alkanes of at least 4 members (excludes halogenated alkanes) is 1. The lowest BCUT2D eigenvalue weighted by Gasteiger charge is -2.04. The summed E-state index contributed by atoms with van der Waals surface area (Å²) < 4.78 is 5.33. The Labute approximate surface area is 82.3 Å². The molecule has 4 heteroatoms. The molecule has 1 heterocycles. The molecular weight excluding hydrogens is 190 g/mol. The summed E-state index contributed by atoms with van der Waals surface area (Å²) in [5.41, 5.74) is 0. The van der Waals surface area contributed by atoms with E-state index < -0.39 is 0 Å². The zero-order valence-electron chi connectivity index (χ0n) is 7.24. The number of aromatic nitrogens is 1. The lowest BCUT2D eigenvalue weighted by atomic mass is 10.3. The molecule has 0 saturated heterocycles. The van der Waals surface area contributed by atoms with E-state index in [1.165, 1.54) is 0 Å². The van der Waals surface area contributed by atoms with Crippen molar-refractivity contribution in [2.45, 2.75) is 12.8 Å². The minimum Gasteiger partial charge on any atom is -0.492 e. The van der Waals surface area contributed by atoms with E-state index in [-0.39, 0.29) is 6.61 Å². The van der Waals surface area contributed by atoms with E-state index in [2.05, 4.69) is 4.98 Å². The molecule has 0 bridgehead atoms. The van der Waals surface area contributed by atoms with E-state index in [9.17, 15) is 0 Å². The quantitative estimate of drug-likeness (QED) is 0.585. The summed E-state index contributed by atoms with van der Waals surface area (Å²) in [6.45, 7) is 0.812. The van der Waals surface area contributed by atoms with E-state index in [4.69, 9.17) is 21.4 Å². The van der Waals surface area contributed by atoms with Gasteiger partial charge in [0.05, 0.1) is 12.8 Å². The third kappa shape index (κ3) is 4.10. The average molecular weight is 202 g/mol. The van der Waals surface area contributed by atoms with Crippen LogP contribution in [0.3, 0.4) is 0 Å². The van der Waals surface area contributed by atoms with Crippen molar-refractivity contribution in [2.75, 3.05) is 13.2 Å². The van der Waals surface area contributed by atoms with Crippen LogP contribution in [0.1, 0.15) is 12.8 Å². The Hall–Kier alpha value is -0.800. The monoisotopic (exact) mass is 201 g/mol. The summed E-state index contributed by atoms with van der Waals surface area (Å²) in [7, 11) is 0. The molecule has 0 radical (unpaired) electrons. The van der Waals surface area contributed by atoms with E-state index in [1.54, 1.807) is 18.3 Å². The summed E-state index contributed by atoms with van der Waals surface area (Å²) in [6, 6.07) is 3.46. The smallest absolute Gasteiger partial charge is 0.137 e. The number of aliphatic hydroxyl groups is 1. The zero-order valence-corrected chi connectivity index (χ0v) is 8.00. The highest BCUT2D eigenvalue weighted by molar-refractivity contribution is 6.29. The van der Waals surface area contributed by atoms with Gasteiger partial charge in [-0.05, 0) is 25.0 Å². The standard InChI is InChI=1S/C9H12ClNO2/c10-9-4-3-8(7-11-9)13-6-2-1-5-12/h3-4,7,12H,1-2,5-6H2. The van der Waals surface area contributed by atoms with E-state index in [0.29, 0.717) is 17.5 Å². The fraction of sp³-hybridized carbons (Fsp3) is 0.444. The van der Waals surface area contributed by atoms with Crippen LogP contribution in [-0.2, 0) is 0 Å². The van der Waals surface area contributed by atoms with Gasteiger partial charge < -0.3 is 9.84 Å². The second-order valence-electron chi connectivity index (χ2n) is 2.60. The summed E-state index contributed by atoms with van der Waals surface area (Å²) in [6.07, 6.45) is 3.20. The molecule has 0 aliphatic heterocycles. The predicted molar refractivity (Wildman–Crippen MR) is 51.1 cm³/mol. The average Bonchev–Trinajstić information content (AvgIpc) is 2.15. The molecule has 0 aliphatic carbocycles. The summed E-state index contributed by atoms with van der Waals surface area (Å²) >= 11 is 5.60. The Morgan fingerprint density at radius 1 is 1.38 bits per heavy atom. The number of rotatable bonds is 5. The molecule has 0 aliphatic rings. The van der Waals surface area contributed by atoms with Crippen LogP contribution < -0.4 is 4.74 Å². The Morgan fingerprint density at radius 2 is 2.23 bits per heavy atom. The molecule has 0 saturated carbocycles. The minimum atomic E-state index is 0.211. The number of ether oxygens (including phenoxy) is 1. The Balaban J connectivity index is 2.25. The molecule has 13 heavy (non-hydrogen) atoms. The van der Waals surface area contributed by atoms with Gasteiger partial charge in [0.1, 0.15) is 10.9 Å². The number of aliphatic hydroxyl groups excluding tert-OH is 1. The van der Waals surface area contributed by atoms with Gasteiger partial charge in [0.15, 0.2) is 0 Å². The van der Waals surface area contributed by atoms with Crippen LogP contribution in [0.5, 0.6) is 5.75 Å². The van der Waals surface area contributed by atoms with E-state index >= 15 is 0 Å². The van der Waals surface area contributed by atoms with Gasteiger partial charge in [0, 0.05) is 6.61 Å². The Kier molecular flexibility index (Phi) is 4.57. The number of halogens is 1. The van der Waals surface area contributed by atoms with Crippen LogP contribution in [-0.4, -0.2) is 23.3 Å². The molecule has 0 spiro atoms. The molecule has 1 rings (SSSR count). The normalized spacial score (nSPS) is 10.0. The molecule has 3 nitrogen and oxygen atoms in total. The number of nitrogens with zero attached hydrogens (tertiary/aromatic N) is 1. The van der Waals surface area contributed by atoms with Gasteiger partial charge in [0.25, 0.3) is 0 Å². The molecule has 0 unspecified atom stereocenters. The fourth-order valence-electron chi connectivity index (χ4n) is 0.852. The number of hydrogen-bond acceptors (Lipinski definition) is 3. The highest BCUT2D eigenvalue weighted by atomic mass is 35.5. The van der Waals surface area contributed by atoms with Crippen LogP contribution >= 0.6 is 11.6 Å². The van der Waals surface area contributed by atoms with Crippen LogP contribution in [0.25, 0.3) is 0 Å². The van der Waals surface area contributed by atoms with Crippen LogP contribution in [0.2, 0.25) is 5.15 Å². The third-order valence-electron chi connectivity index (χ3n) is 1.52. The van der Waals surface area contributed by atoms with Crippen molar-refractivity contribution in [1.82, 2.24) is 4.98 Å². The van der Waals surface area contributed by atoms with Gasteiger partial charge in [-0.3, -0.25) is 0 Å². The maximum atomic E-state index is 8.51. The highest BCUT2D eigenvalue weighted by Crippen LogP contribution is 2.12. The SMILES string of the molecule is OCCCCOc1ccc(Cl)nc1. The van der Waals surface area contributed by atoms with Crippen molar-refractivity contribution in [2.24, 2.45) is 0 Å². The highest BCUT2D eigenvalue weighted by Gasteiger charge is 1.94. The molecule has 0 amide bonds. The van der Waals surface area contributed by atoms with Gasteiger partial charge in [-0.15, -0.1) is 0 Å². The summed E-state index contributed by atoms with van der Waals surface area (Å²) in [5.74, 6) is 0.710. The molecule has 0 aromatic carbocycles. The fourth-order valence-corrected chi connectivity index (χ4v) is 0.963. The Bertz CT molecular complexity index is 238. The van der Waals surface area contributed by atoms with Crippen LogP contribution in [0, 0.1) is 0 Å². The number of pyridine rings is 1. The van der Waals surface area contributed by atoms with Gasteiger partial charge in [-0.2, -0.15) is 0 Å². The lowest BCUT2D eigenvalue weighted by Crippen LogP contribution is -1.98. The largest absolute Gasteiger partial charge is 0.492 e. The van der Waals surface area contributed by atoms with Crippen molar-refractivity contribution in [3.8, 4) is 5.75 Å². The van der Waals surface area contributed by atoms with Crippen molar-refractivity contribution < 1.29 is 9.84 Å². The molecule has 72 valence electrons. The van der Waals surface area contributed by atoms with E-state index in [0.717, 1.165) is 12.8 Å². The second kappa shape index (κ2) is 5.78. The van der Waals surface area contributed by atoms with Gasteiger partial charge in [-0.25, -0.2) is 4.98 Å². The zero-order chi connectivity index (χ0) is 9.52. The molecule has 1 aromatic rings. The van der Waals surface area contributed by atoms with Crippen molar-refractivity contribution in [3.05, 3.63) is 23.5 Å². The van der Waals surface area contributed by atoms with Crippen molar-refractivity contribution in [3.63, 3.8) is 0 Å². The molecular formula is C9H12ClNO2. The summed E-state index contributed by atoms with van der Waals surface area (Å²) in [4.78, 5) is 3.87. The predicted octanol–water partition coefficient (Wildman–Crippen LogP) is 1.89. The first-order valence-electron chi connectivity index (χ1n) is 4.18. The second-order valence-corrected chi connectivity index (χ2v) is 2.98. The maximum Gasteiger partial charge on any atom is 0.137 e. The Morgan fingerprint density at radius 3 is 2.85 bits per heavy atom. The lowest BCUT2D eigenvalue weighted by molar-refractivity contribution is 0.253.